The van der Waals surface area contributed by atoms with Gasteiger partial charge in [0.1, 0.15) is 0 Å². The fourth-order valence-electron chi connectivity index (χ4n) is 2.27. The molecule has 24 heavy (non-hydrogen) atoms. The molecule has 0 fully saturated rings. The van der Waals surface area contributed by atoms with Crippen molar-refractivity contribution in [1.82, 2.24) is 10.6 Å². The molecule has 0 saturated carbocycles. The number of guanidine groups is 1. The lowest BCUT2D eigenvalue weighted by atomic mass is 10.1. The summed E-state index contributed by atoms with van der Waals surface area (Å²) in [5.74, 6) is 0.862. The molecule has 0 heterocycles. The van der Waals surface area contributed by atoms with E-state index in [1.165, 1.54) is 5.56 Å². The molecule has 0 aromatic heterocycles. The van der Waals surface area contributed by atoms with Crippen LogP contribution in [-0.2, 0) is 6.42 Å². The van der Waals surface area contributed by atoms with Gasteiger partial charge in [-0.2, -0.15) is 0 Å². The minimum Gasteiger partial charge on any atom is -0.385 e. The van der Waals surface area contributed by atoms with Crippen molar-refractivity contribution in [1.29, 1.82) is 0 Å². The van der Waals surface area contributed by atoms with E-state index in [0.29, 0.717) is 0 Å². The summed E-state index contributed by atoms with van der Waals surface area (Å²) in [6.45, 7) is 2.72. The van der Waals surface area contributed by atoms with Gasteiger partial charge in [-0.15, -0.1) is 24.0 Å². The maximum Gasteiger partial charge on any atom is 0.190 e. The van der Waals surface area contributed by atoms with Crippen molar-refractivity contribution in [3.63, 3.8) is 0 Å². The molecule has 0 amide bonds. The van der Waals surface area contributed by atoms with Gasteiger partial charge in [-0.25, -0.2) is 0 Å². The van der Waals surface area contributed by atoms with Gasteiger partial charge in [0.25, 0.3) is 0 Å². The Bertz CT molecular complexity index is 572. The van der Waals surface area contributed by atoms with Crippen LogP contribution in [0.4, 0.5) is 5.69 Å². The minimum atomic E-state index is 0. The number of para-hydroxylation sites is 1. The number of anilines is 1. The molecule has 0 saturated heterocycles. The van der Waals surface area contributed by atoms with Gasteiger partial charge in [0.2, 0.25) is 0 Å². The second kappa shape index (κ2) is 12.6. The summed E-state index contributed by atoms with van der Waals surface area (Å²) in [5.41, 5.74) is 2.50. The lowest BCUT2D eigenvalue weighted by Crippen LogP contribution is -2.39. The minimum absolute atomic E-state index is 0. The van der Waals surface area contributed by atoms with Crippen LogP contribution < -0.4 is 16.0 Å². The van der Waals surface area contributed by atoms with Crippen molar-refractivity contribution in [3.8, 4) is 0 Å². The highest BCUT2D eigenvalue weighted by molar-refractivity contribution is 14.0. The van der Waals surface area contributed by atoms with Gasteiger partial charge in [0.15, 0.2) is 5.96 Å². The second-order valence-corrected chi connectivity index (χ2v) is 5.31. The van der Waals surface area contributed by atoms with Gasteiger partial charge >= 0.3 is 0 Å². The molecule has 0 radical (unpaired) electrons. The van der Waals surface area contributed by atoms with Crippen LogP contribution in [0.5, 0.6) is 0 Å². The average Bonchev–Trinajstić information content (AvgIpc) is 2.61. The van der Waals surface area contributed by atoms with Gasteiger partial charge in [-0.1, -0.05) is 48.5 Å². The van der Waals surface area contributed by atoms with E-state index in [9.17, 15) is 0 Å². The molecule has 130 valence electrons. The number of hydrogen-bond donors (Lipinski definition) is 3. The quantitative estimate of drug-likeness (QED) is 0.256. The molecule has 4 nitrogen and oxygen atoms in total. The normalized spacial score (nSPS) is 10.6. The van der Waals surface area contributed by atoms with E-state index >= 15 is 0 Å². The summed E-state index contributed by atoms with van der Waals surface area (Å²) >= 11 is 0. The summed E-state index contributed by atoms with van der Waals surface area (Å²) < 4.78 is 0. The zero-order valence-corrected chi connectivity index (χ0v) is 16.5. The smallest absolute Gasteiger partial charge is 0.190 e. The number of rotatable bonds is 8. The van der Waals surface area contributed by atoms with Crippen molar-refractivity contribution < 1.29 is 0 Å². The molecule has 0 atom stereocenters. The fraction of sp³-hybridized carbons (Fsp3) is 0.316. The number of aliphatic imine (C=N–C) groups is 1. The lowest BCUT2D eigenvalue weighted by Gasteiger charge is -2.12. The van der Waals surface area contributed by atoms with Gasteiger partial charge in [-0.05, 0) is 30.5 Å². The summed E-state index contributed by atoms with van der Waals surface area (Å²) in [5, 5.41) is 10.1. The molecule has 2 rings (SSSR count). The highest BCUT2D eigenvalue weighted by Gasteiger charge is 1.97. The monoisotopic (exact) mass is 438 g/mol. The van der Waals surface area contributed by atoms with E-state index in [2.05, 4.69) is 57.3 Å². The zero-order chi connectivity index (χ0) is 16.2. The predicted octanol–water partition coefficient (Wildman–Crippen LogP) is 3.51. The van der Waals surface area contributed by atoms with Crippen LogP contribution in [0.2, 0.25) is 0 Å². The standard InChI is InChI=1S/C19H26N4.HI/c1-20-19(23-16-13-17-9-4-2-5-10-17)22-15-8-14-21-18-11-6-3-7-12-18;/h2-7,9-12,21H,8,13-16H2,1H3,(H2,20,22,23);1H. The summed E-state index contributed by atoms with van der Waals surface area (Å²) in [6, 6.07) is 20.7. The first kappa shape index (κ1) is 20.3. The van der Waals surface area contributed by atoms with Crippen molar-refractivity contribution in [3.05, 3.63) is 66.2 Å². The summed E-state index contributed by atoms with van der Waals surface area (Å²) in [4.78, 5) is 4.25. The van der Waals surface area contributed by atoms with Crippen molar-refractivity contribution in [2.24, 2.45) is 4.99 Å². The third kappa shape index (κ3) is 8.19. The van der Waals surface area contributed by atoms with Crippen molar-refractivity contribution >= 4 is 35.6 Å². The van der Waals surface area contributed by atoms with E-state index in [1.807, 2.05) is 24.3 Å². The Morgan fingerprint density at radius 1 is 0.833 bits per heavy atom. The molecule has 0 aliphatic rings. The molecular weight excluding hydrogens is 411 g/mol. The molecular formula is C19H27IN4. The van der Waals surface area contributed by atoms with E-state index in [0.717, 1.165) is 44.1 Å². The largest absolute Gasteiger partial charge is 0.385 e. The number of nitrogens with zero attached hydrogens (tertiary/aromatic N) is 1. The van der Waals surface area contributed by atoms with E-state index in [1.54, 1.807) is 7.05 Å². The van der Waals surface area contributed by atoms with Gasteiger partial charge in [0.05, 0.1) is 0 Å². The molecule has 0 spiro atoms. The first-order valence-electron chi connectivity index (χ1n) is 8.16. The summed E-state index contributed by atoms with van der Waals surface area (Å²) in [6.07, 6.45) is 2.03. The van der Waals surface area contributed by atoms with E-state index in [4.69, 9.17) is 0 Å². The van der Waals surface area contributed by atoms with Crippen LogP contribution in [-0.4, -0.2) is 32.6 Å². The lowest BCUT2D eigenvalue weighted by molar-refractivity contribution is 0.757. The number of nitrogens with one attached hydrogen (secondary N) is 3. The Balaban J connectivity index is 0.00000288. The maximum atomic E-state index is 4.25. The molecule has 0 unspecified atom stereocenters. The molecule has 2 aromatic rings. The highest BCUT2D eigenvalue weighted by atomic mass is 127. The summed E-state index contributed by atoms with van der Waals surface area (Å²) in [7, 11) is 1.81. The van der Waals surface area contributed by atoms with Crippen LogP contribution in [0.3, 0.4) is 0 Å². The van der Waals surface area contributed by atoms with Crippen LogP contribution in [0.25, 0.3) is 0 Å². The molecule has 0 aliphatic heterocycles. The average molecular weight is 438 g/mol. The van der Waals surface area contributed by atoms with Gasteiger partial charge in [0, 0.05) is 32.4 Å². The number of benzene rings is 2. The Kier molecular flexibility index (Phi) is 10.7. The van der Waals surface area contributed by atoms with Crippen LogP contribution in [0.1, 0.15) is 12.0 Å². The van der Waals surface area contributed by atoms with Crippen LogP contribution >= 0.6 is 24.0 Å². The Morgan fingerprint density at radius 3 is 2.12 bits per heavy atom. The molecule has 3 N–H and O–H groups in total. The van der Waals surface area contributed by atoms with Crippen LogP contribution in [0.15, 0.2) is 65.7 Å². The molecule has 0 bridgehead atoms. The molecule has 5 heteroatoms. The highest BCUT2D eigenvalue weighted by Crippen LogP contribution is 2.04. The maximum absolute atomic E-state index is 4.25. The molecule has 0 aliphatic carbocycles. The SMILES string of the molecule is CN=C(NCCCNc1ccccc1)NCCc1ccccc1.I. The third-order valence-electron chi connectivity index (χ3n) is 3.52. The Hall–Kier alpha value is -1.76. The fourth-order valence-corrected chi connectivity index (χ4v) is 2.27. The van der Waals surface area contributed by atoms with Gasteiger partial charge < -0.3 is 16.0 Å². The van der Waals surface area contributed by atoms with Gasteiger partial charge in [-0.3, -0.25) is 4.99 Å². The topological polar surface area (TPSA) is 48.5 Å². The Morgan fingerprint density at radius 2 is 1.46 bits per heavy atom. The zero-order valence-electron chi connectivity index (χ0n) is 14.2. The van der Waals surface area contributed by atoms with Crippen molar-refractivity contribution in [2.75, 3.05) is 32.0 Å². The van der Waals surface area contributed by atoms with E-state index in [-0.39, 0.29) is 24.0 Å². The molecule has 2 aromatic carbocycles. The van der Waals surface area contributed by atoms with Crippen molar-refractivity contribution in [2.45, 2.75) is 12.8 Å². The Labute approximate surface area is 162 Å². The first-order valence-corrected chi connectivity index (χ1v) is 8.16. The predicted molar refractivity (Wildman–Crippen MR) is 114 cm³/mol. The van der Waals surface area contributed by atoms with E-state index < -0.39 is 0 Å². The second-order valence-electron chi connectivity index (χ2n) is 5.31. The van der Waals surface area contributed by atoms with Crippen LogP contribution in [0, 0.1) is 0 Å². The number of halogens is 1. The number of hydrogen-bond acceptors (Lipinski definition) is 2. The third-order valence-corrected chi connectivity index (χ3v) is 3.52. The first-order chi connectivity index (χ1) is 11.4.